The molecule has 0 spiro atoms. The number of urea groups is 1. The number of pyridine rings is 1. The number of ether oxygens (including phenoxy) is 2. The van der Waals surface area contributed by atoms with Crippen LogP contribution in [0.5, 0.6) is 11.5 Å². The van der Waals surface area contributed by atoms with Gasteiger partial charge in [-0.15, -0.1) is 0 Å². The predicted molar refractivity (Wildman–Crippen MR) is 117 cm³/mol. The zero-order valence-corrected chi connectivity index (χ0v) is 17.1. The first-order valence-corrected chi connectivity index (χ1v) is 10.3. The van der Waals surface area contributed by atoms with Gasteiger partial charge in [0.2, 0.25) is 0 Å². The summed E-state index contributed by atoms with van der Waals surface area (Å²) in [7, 11) is 0. The molecular weight excluding hydrogens is 404 g/mol. The normalized spacial score (nSPS) is 15.9. The van der Waals surface area contributed by atoms with Gasteiger partial charge in [0.1, 0.15) is 13.2 Å². The van der Waals surface area contributed by atoms with E-state index < -0.39 is 0 Å². The second kappa shape index (κ2) is 7.91. The highest BCUT2D eigenvalue weighted by Gasteiger charge is 2.24. The van der Waals surface area contributed by atoms with Gasteiger partial charge in [-0.05, 0) is 36.4 Å². The fourth-order valence-corrected chi connectivity index (χ4v) is 4.07. The molecule has 0 atom stereocenters. The van der Waals surface area contributed by atoms with Crippen molar-refractivity contribution < 1.29 is 14.3 Å². The van der Waals surface area contributed by atoms with Gasteiger partial charge >= 0.3 is 6.03 Å². The molecule has 1 fully saturated rings. The fourth-order valence-electron chi connectivity index (χ4n) is 3.90. The molecule has 1 saturated heterocycles. The number of nitrogens with one attached hydrogen (secondary N) is 1. The van der Waals surface area contributed by atoms with E-state index in [9.17, 15) is 4.79 Å². The molecule has 1 N–H and O–H groups in total. The molecule has 0 aliphatic carbocycles. The van der Waals surface area contributed by atoms with Crippen LogP contribution in [0.4, 0.5) is 16.2 Å². The van der Waals surface area contributed by atoms with E-state index in [1.807, 2.05) is 47.4 Å². The average molecular weight is 425 g/mol. The Kier molecular flexibility index (Phi) is 4.96. The molecule has 2 aliphatic rings. The largest absolute Gasteiger partial charge is 0.486 e. The molecule has 0 bridgehead atoms. The molecule has 2 amide bonds. The first kappa shape index (κ1) is 18.8. The van der Waals surface area contributed by atoms with E-state index in [1.54, 1.807) is 6.20 Å². The number of hydrogen-bond acceptors (Lipinski definition) is 5. The summed E-state index contributed by atoms with van der Waals surface area (Å²) in [5.74, 6) is 1.26. The number of amides is 2. The van der Waals surface area contributed by atoms with E-state index >= 15 is 0 Å². The van der Waals surface area contributed by atoms with Gasteiger partial charge in [0.15, 0.2) is 11.5 Å². The highest BCUT2D eigenvalue weighted by Crippen LogP contribution is 2.37. The van der Waals surface area contributed by atoms with Gasteiger partial charge in [0, 0.05) is 48.5 Å². The number of carbonyl (C=O) groups is 1. The van der Waals surface area contributed by atoms with E-state index in [4.69, 9.17) is 21.1 Å². The quantitative estimate of drug-likeness (QED) is 0.673. The molecule has 8 heteroatoms. The van der Waals surface area contributed by atoms with Crippen LogP contribution in [0.1, 0.15) is 0 Å². The van der Waals surface area contributed by atoms with Crippen molar-refractivity contribution in [2.24, 2.45) is 0 Å². The molecule has 30 heavy (non-hydrogen) atoms. The number of anilines is 2. The van der Waals surface area contributed by atoms with Crippen molar-refractivity contribution in [3.05, 3.63) is 53.7 Å². The minimum absolute atomic E-state index is 0.136. The summed E-state index contributed by atoms with van der Waals surface area (Å²) in [6.07, 6.45) is 1.80. The van der Waals surface area contributed by atoms with Gasteiger partial charge < -0.3 is 24.6 Å². The third kappa shape index (κ3) is 3.57. The molecule has 5 rings (SSSR count). The lowest BCUT2D eigenvalue weighted by molar-refractivity contribution is 0.172. The Morgan fingerprint density at radius 3 is 2.73 bits per heavy atom. The first-order valence-electron chi connectivity index (χ1n) is 9.93. The van der Waals surface area contributed by atoms with Gasteiger partial charge in [-0.3, -0.25) is 4.98 Å². The Labute approximate surface area is 179 Å². The minimum Gasteiger partial charge on any atom is -0.486 e. The Balaban J connectivity index is 1.27. The average Bonchev–Trinajstić information content (AvgIpc) is 2.79. The topological polar surface area (TPSA) is 66.9 Å². The number of piperazine rings is 1. The number of fused-ring (bicyclic) bond motifs is 2. The second-order valence-electron chi connectivity index (χ2n) is 7.23. The van der Waals surface area contributed by atoms with Crippen molar-refractivity contribution in [3.63, 3.8) is 0 Å². The number of benzene rings is 2. The molecule has 0 radical (unpaired) electrons. The summed E-state index contributed by atoms with van der Waals surface area (Å²) < 4.78 is 11.3. The van der Waals surface area contributed by atoms with Crippen LogP contribution in [0.3, 0.4) is 0 Å². The summed E-state index contributed by atoms with van der Waals surface area (Å²) in [6.45, 7) is 3.71. The van der Waals surface area contributed by atoms with Gasteiger partial charge in [-0.1, -0.05) is 17.7 Å². The maximum absolute atomic E-state index is 12.8. The molecule has 3 heterocycles. The summed E-state index contributed by atoms with van der Waals surface area (Å²) in [4.78, 5) is 21.3. The summed E-state index contributed by atoms with van der Waals surface area (Å²) >= 11 is 6.10. The van der Waals surface area contributed by atoms with Crippen molar-refractivity contribution in [1.29, 1.82) is 0 Å². The number of nitrogens with zero attached hydrogens (tertiary/aromatic N) is 3. The van der Waals surface area contributed by atoms with Gasteiger partial charge in [-0.25, -0.2) is 4.79 Å². The van der Waals surface area contributed by atoms with E-state index in [0.29, 0.717) is 48.5 Å². The number of halogens is 1. The van der Waals surface area contributed by atoms with Crippen molar-refractivity contribution in [3.8, 4) is 11.5 Å². The van der Waals surface area contributed by atoms with Crippen molar-refractivity contribution >= 4 is 39.9 Å². The van der Waals surface area contributed by atoms with Crippen LogP contribution < -0.4 is 19.7 Å². The lowest BCUT2D eigenvalue weighted by atomic mass is 10.1. The van der Waals surface area contributed by atoms with Crippen LogP contribution in [0, 0.1) is 0 Å². The Hall–Kier alpha value is -3.19. The summed E-state index contributed by atoms with van der Waals surface area (Å²) in [6, 6.07) is 13.1. The number of hydrogen-bond donors (Lipinski definition) is 1. The van der Waals surface area contributed by atoms with Gasteiger partial charge in [0.25, 0.3) is 0 Å². The summed E-state index contributed by atoms with van der Waals surface area (Å²) in [5.41, 5.74) is 2.62. The number of aromatic nitrogens is 1. The molecule has 1 aromatic heterocycles. The first-order chi connectivity index (χ1) is 14.7. The smallest absolute Gasteiger partial charge is 0.322 e. The van der Waals surface area contributed by atoms with Crippen molar-refractivity contribution in [2.75, 3.05) is 49.6 Å². The standard InChI is InChI=1S/C22H21ClN4O3/c23-15-4-5-16-18(14-15)24-7-6-19(16)26-8-10-27(11-9-26)22(28)25-17-2-1-3-20-21(17)30-13-12-29-20/h1-7,14H,8-13H2,(H,25,28). The molecule has 2 aliphatic heterocycles. The van der Waals surface area contributed by atoms with E-state index in [2.05, 4.69) is 15.2 Å². The zero-order valence-electron chi connectivity index (χ0n) is 16.3. The van der Waals surface area contributed by atoms with Crippen LogP contribution in [0.2, 0.25) is 5.02 Å². The van der Waals surface area contributed by atoms with Crippen LogP contribution in [-0.4, -0.2) is 55.3 Å². The highest BCUT2D eigenvalue weighted by molar-refractivity contribution is 6.31. The molecule has 0 unspecified atom stereocenters. The number of para-hydroxylation sites is 1. The molecule has 3 aromatic rings. The van der Waals surface area contributed by atoms with Crippen molar-refractivity contribution in [1.82, 2.24) is 9.88 Å². The van der Waals surface area contributed by atoms with Crippen LogP contribution in [-0.2, 0) is 0 Å². The predicted octanol–water partition coefficient (Wildman–Crippen LogP) is 4.01. The number of rotatable bonds is 2. The fraction of sp³-hybridized carbons (Fsp3) is 0.273. The van der Waals surface area contributed by atoms with Crippen LogP contribution in [0.15, 0.2) is 48.7 Å². The second-order valence-corrected chi connectivity index (χ2v) is 7.66. The summed E-state index contributed by atoms with van der Waals surface area (Å²) in [5, 5.41) is 4.70. The number of carbonyl (C=O) groups excluding carboxylic acids is 1. The minimum atomic E-state index is -0.136. The third-order valence-corrected chi connectivity index (χ3v) is 5.63. The molecule has 0 saturated carbocycles. The maximum atomic E-state index is 12.8. The van der Waals surface area contributed by atoms with E-state index in [0.717, 1.165) is 29.7 Å². The lowest BCUT2D eigenvalue weighted by Gasteiger charge is -2.36. The lowest BCUT2D eigenvalue weighted by Crippen LogP contribution is -2.50. The molecule has 154 valence electrons. The van der Waals surface area contributed by atoms with Crippen LogP contribution >= 0.6 is 11.6 Å². The highest BCUT2D eigenvalue weighted by atomic mass is 35.5. The zero-order chi connectivity index (χ0) is 20.5. The Morgan fingerprint density at radius 2 is 1.87 bits per heavy atom. The van der Waals surface area contributed by atoms with E-state index in [-0.39, 0.29) is 6.03 Å². The molecule has 7 nitrogen and oxygen atoms in total. The SMILES string of the molecule is O=C(Nc1cccc2c1OCCO2)N1CCN(c2ccnc3cc(Cl)ccc23)CC1. The monoisotopic (exact) mass is 424 g/mol. The third-order valence-electron chi connectivity index (χ3n) is 5.40. The Bertz CT molecular complexity index is 1100. The molecule has 2 aromatic carbocycles. The van der Waals surface area contributed by atoms with Gasteiger partial charge in [0.05, 0.1) is 11.2 Å². The van der Waals surface area contributed by atoms with Gasteiger partial charge in [-0.2, -0.15) is 0 Å². The maximum Gasteiger partial charge on any atom is 0.322 e. The van der Waals surface area contributed by atoms with Crippen LogP contribution in [0.25, 0.3) is 10.9 Å². The Morgan fingerprint density at radius 1 is 1.03 bits per heavy atom. The van der Waals surface area contributed by atoms with E-state index in [1.165, 1.54) is 0 Å². The van der Waals surface area contributed by atoms with Crippen molar-refractivity contribution in [2.45, 2.75) is 0 Å². The molecular formula is C22H21ClN4O3.